The average Bonchev–Trinajstić information content (AvgIpc) is 2.32. The quantitative estimate of drug-likeness (QED) is 0.682. The minimum atomic E-state index is 0.110. The molecule has 1 aliphatic rings. The lowest BCUT2D eigenvalue weighted by atomic mass is 9.67. The lowest BCUT2D eigenvalue weighted by molar-refractivity contribution is -0.122. The van der Waals surface area contributed by atoms with Crippen molar-refractivity contribution in [1.82, 2.24) is 16.0 Å². The van der Waals surface area contributed by atoms with E-state index in [4.69, 9.17) is 0 Å². The third kappa shape index (κ3) is 3.69. The molecule has 1 amide bonds. The Morgan fingerprint density at radius 1 is 1.11 bits per heavy atom. The number of carbonyl (C=O) groups is 1. The molecule has 4 nitrogen and oxygen atoms in total. The van der Waals surface area contributed by atoms with Gasteiger partial charge in [-0.15, -0.1) is 0 Å². The van der Waals surface area contributed by atoms with Crippen molar-refractivity contribution in [2.75, 3.05) is 27.2 Å². The molecule has 4 heteroatoms. The second kappa shape index (κ2) is 7.10. The molecule has 0 spiro atoms. The zero-order valence-corrected chi connectivity index (χ0v) is 12.4. The van der Waals surface area contributed by atoms with Crippen molar-refractivity contribution in [3.63, 3.8) is 0 Å². The normalized spacial score (nSPS) is 36.4. The second-order valence-electron chi connectivity index (χ2n) is 5.87. The lowest BCUT2D eigenvalue weighted by Gasteiger charge is -2.44. The predicted octanol–water partition coefficient (Wildman–Crippen LogP) is 0.838. The maximum atomic E-state index is 11.8. The molecule has 0 radical (unpaired) electrons. The lowest BCUT2D eigenvalue weighted by Crippen LogP contribution is -2.53. The SMILES string of the molecule is CNCC(=O)NC1C(C)C(C)CC(CNC)C1C. The van der Waals surface area contributed by atoms with Crippen molar-refractivity contribution >= 4 is 5.91 Å². The zero-order chi connectivity index (χ0) is 13.7. The van der Waals surface area contributed by atoms with E-state index < -0.39 is 0 Å². The van der Waals surface area contributed by atoms with Crippen molar-refractivity contribution < 1.29 is 4.79 Å². The number of hydrogen-bond donors (Lipinski definition) is 3. The summed E-state index contributed by atoms with van der Waals surface area (Å²) in [5.74, 6) is 2.51. The molecule has 0 heterocycles. The van der Waals surface area contributed by atoms with E-state index in [0.29, 0.717) is 36.3 Å². The van der Waals surface area contributed by atoms with Gasteiger partial charge in [0, 0.05) is 6.04 Å². The van der Waals surface area contributed by atoms with Gasteiger partial charge >= 0.3 is 0 Å². The number of likely N-dealkylation sites (N-methyl/N-ethyl adjacent to an activating group) is 1. The summed E-state index contributed by atoms with van der Waals surface area (Å²) in [6.07, 6.45) is 1.25. The molecule has 0 bridgehead atoms. The van der Waals surface area contributed by atoms with E-state index in [1.165, 1.54) is 6.42 Å². The van der Waals surface area contributed by atoms with Crippen LogP contribution in [-0.4, -0.2) is 39.1 Å². The number of hydrogen-bond acceptors (Lipinski definition) is 3. The summed E-state index contributed by atoms with van der Waals surface area (Å²) in [4.78, 5) is 11.8. The van der Waals surface area contributed by atoms with Crippen LogP contribution in [0.1, 0.15) is 27.2 Å². The van der Waals surface area contributed by atoms with Crippen LogP contribution < -0.4 is 16.0 Å². The molecule has 1 saturated carbocycles. The maximum absolute atomic E-state index is 11.8. The van der Waals surface area contributed by atoms with Crippen LogP contribution in [0.3, 0.4) is 0 Å². The van der Waals surface area contributed by atoms with Crippen LogP contribution in [0.2, 0.25) is 0 Å². The average molecular weight is 255 g/mol. The zero-order valence-electron chi connectivity index (χ0n) is 12.4. The Morgan fingerprint density at radius 2 is 1.78 bits per heavy atom. The molecule has 5 unspecified atom stereocenters. The van der Waals surface area contributed by atoms with Gasteiger partial charge in [-0.2, -0.15) is 0 Å². The third-order valence-corrected chi connectivity index (χ3v) is 4.58. The highest BCUT2D eigenvalue weighted by Crippen LogP contribution is 2.37. The van der Waals surface area contributed by atoms with Crippen molar-refractivity contribution in [3.05, 3.63) is 0 Å². The fraction of sp³-hybridized carbons (Fsp3) is 0.929. The van der Waals surface area contributed by atoms with Gasteiger partial charge in [0.1, 0.15) is 0 Å². The number of carbonyl (C=O) groups excluding carboxylic acids is 1. The molecule has 5 atom stereocenters. The molecule has 0 aromatic carbocycles. The standard InChI is InChI=1S/C14H29N3O/c1-9-6-12(7-15-4)11(3)14(10(9)2)17-13(18)8-16-5/h9-12,14-16H,6-8H2,1-5H3,(H,17,18). The van der Waals surface area contributed by atoms with Gasteiger partial charge in [-0.3, -0.25) is 4.79 Å². The first-order valence-corrected chi connectivity index (χ1v) is 7.09. The van der Waals surface area contributed by atoms with Crippen LogP contribution in [-0.2, 0) is 4.79 Å². The van der Waals surface area contributed by atoms with Crippen LogP contribution in [0.15, 0.2) is 0 Å². The summed E-state index contributed by atoms with van der Waals surface area (Å²) in [6, 6.07) is 0.299. The summed E-state index contributed by atoms with van der Waals surface area (Å²) < 4.78 is 0. The summed E-state index contributed by atoms with van der Waals surface area (Å²) in [5, 5.41) is 9.40. The summed E-state index contributed by atoms with van der Waals surface area (Å²) >= 11 is 0. The Labute approximate surface area is 111 Å². The first-order chi connectivity index (χ1) is 8.51. The van der Waals surface area contributed by atoms with Gasteiger partial charge in [0.15, 0.2) is 0 Å². The fourth-order valence-corrected chi connectivity index (χ4v) is 3.22. The van der Waals surface area contributed by atoms with Gasteiger partial charge in [0.2, 0.25) is 5.91 Å². The van der Waals surface area contributed by atoms with Crippen molar-refractivity contribution in [3.8, 4) is 0 Å². The van der Waals surface area contributed by atoms with Crippen molar-refractivity contribution in [1.29, 1.82) is 0 Å². The molecule has 0 saturated heterocycles. The molecule has 3 N–H and O–H groups in total. The largest absolute Gasteiger partial charge is 0.352 e. The molecule has 1 rings (SSSR count). The van der Waals surface area contributed by atoms with E-state index in [1.54, 1.807) is 7.05 Å². The van der Waals surface area contributed by atoms with E-state index in [-0.39, 0.29) is 5.91 Å². The molecule has 18 heavy (non-hydrogen) atoms. The van der Waals surface area contributed by atoms with Crippen LogP contribution in [0.4, 0.5) is 0 Å². The first-order valence-electron chi connectivity index (χ1n) is 7.09. The maximum Gasteiger partial charge on any atom is 0.234 e. The van der Waals surface area contributed by atoms with Crippen LogP contribution >= 0.6 is 0 Å². The Hall–Kier alpha value is -0.610. The minimum absolute atomic E-state index is 0.110. The van der Waals surface area contributed by atoms with Gasteiger partial charge in [-0.1, -0.05) is 20.8 Å². The Bertz CT molecular complexity index is 270. The van der Waals surface area contributed by atoms with Crippen LogP contribution in [0.25, 0.3) is 0 Å². The number of amides is 1. The highest BCUT2D eigenvalue weighted by molar-refractivity contribution is 5.78. The van der Waals surface area contributed by atoms with Crippen molar-refractivity contribution in [2.24, 2.45) is 23.7 Å². The smallest absolute Gasteiger partial charge is 0.234 e. The number of nitrogens with one attached hydrogen (secondary N) is 3. The van der Waals surface area contributed by atoms with E-state index in [1.807, 2.05) is 7.05 Å². The summed E-state index contributed by atoms with van der Waals surface area (Å²) in [6.45, 7) is 8.28. The number of rotatable bonds is 5. The molecule has 106 valence electrons. The molecule has 1 aliphatic carbocycles. The van der Waals surface area contributed by atoms with E-state index in [2.05, 4.69) is 36.7 Å². The molecular formula is C14H29N3O. The monoisotopic (exact) mass is 255 g/mol. The third-order valence-electron chi connectivity index (χ3n) is 4.58. The highest BCUT2D eigenvalue weighted by Gasteiger charge is 2.38. The van der Waals surface area contributed by atoms with E-state index >= 15 is 0 Å². The topological polar surface area (TPSA) is 53.2 Å². The molecule has 1 fully saturated rings. The van der Waals surface area contributed by atoms with E-state index in [0.717, 1.165) is 6.54 Å². The summed E-state index contributed by atoms with van der Waals surface area (Å²) in [7, 11) is 3.81. The van der Waals surface area contributed by atoms with Gasteiger partial charge in [0.25, 0.3) is 0 Å². The minimum Gasteiger partial charge on any atom is -0.352 e. The van der Waals surface area contributed by atoms with Gasteiger partial charge in [-0.25, -0.2) is 0 Å². The van der Waals surface area contributed by atoms with Gasteiger partial charge in [0.05, 0.1) is 6.54 Å². The van der Waals surface area contributed by atoms with E-state index in [9.17, 15) is 4.79 Å². The first kappa shape index (κ1) is 15.4. The highest BCUT2D eigenvalue weighted by atomic mass is 16.1. The van der Waals surface area contributed by atoms with Crippen molar-refractivity contribution in [2.45, 2.75) is 33.2 Å². The van der Waals surface area contributed by atoms with Gasteiger partial charge < -0.3 is 16.0 Å². The fourth-order valence-electron chi connectivity index (χ4n) is 3.22. The molecule has 0 aliphatic heterocycles. The Kier molecular flexibility index (Phi) is 6.09. The van der Waals surface area contributed by atoms with Crippen LogP contribution in [0, 0.1) is 23.7 Å². The molecule has 0 aromatic rings. The Morgan fingerprint density at radius 3 is 2.33 bits per heavy atom. The predicted molar refractivity (Wildman–Crippen MR) is 75.4 cm³/mol. The molecule has 0 aromatic heterocycles. The second-order valence-corrected chi connectivity index (χ2v) is 5.87. The van der Waals surface area contributed by atoms with Crippen LogP contribution in [0.5, 0.6) is 0 Å². The Balaban J connectivity index is 2.68. The summed E-state index contributed by atoms with van der Waals surface area (Å²) in [5.41, 5.74) is 0. The van der Waals surface area contributed by atoms with Gasteiger partial charge in [-0.05, 0) is 50.7 Å². The molecular weight excluding hydrogens is 226 g/mol.